The lowest BCUT2D eigenvalue weighted by Gasteiger charge is -2.26. The van der Waals surface area contributed by atoms with Crippen molar-refractivity contribution in [2.45, 2.75) is 50.6 Å². The Balaban J connectivity index is 0.994. The lowest BCUT2D eigenvalue weighted by Crippen LogP contribution is -2.43. The largest absolute Gasteiger partial charge is 0.491 e. The monoisotopic (exact) mass is 529 g/mol. The molecule has 1 aromatic carbocycles. The van der Waals surface area contributed by atoms with E-state index in [1.807, 2.05) is 18.2 Å². The number of fused-ring (bicyclic) bond motifs is 2. The lowest BCUT2D eigenvalue weighted by atomic mass is 9.99. The number of carbonyl (C=O) groups excluding carboxylic acids is 1. The van der Waals surface area contributed by atoms with E-state index in [0.717, 1.165) is 22.6 Å². The number of nitrogens with one attached hydrogen (secondary N) is 1. The van der Waals surface area contributed by atoms with Crippen molar-refractivity contribution in [2.75, 3.05) is 19.8 Å². The molecule has 200 valence electrons. The molecule has 4 heterocycles. The van der Waals surface area contributed by atoms with Gasteiger partial charge in [-0.3, -0.25) is 14.8 Å². The number of nitrogens with zero attached hydrogens (tertiary/aromatic N) is 4. The van der Waals surface area contributed by atoms with Gasteiger partial charge in [0.15, 0.2) is 5.69 Å². The van der Waals surface area contributed by atoms with Crippen molar-refractivity contribution in [3.63, 3.8) is 0 Å². The van der Waals surface area contributed by atoms with Crippen molar-refractivity contribution < 1.29 is 32.2 Å². The quantitative estimate of drug-likeness (QED) is 0.445. The standard InChI is InChI=1S/C26H26F3N5O4/c27-26(28,29)25(4-5-25)15-36-8-3-19-13-34-23(38-19)11-20(33-34)24(35)32-18-10-17-9-16(1-2-22(17)37-14-18)21-12-30-6-7-31-21/h1-2,6-7,9,11-12,18-19H,3-5,8,10,13-15H2,(H,32,35)/t18-,19?/m1/s1. The minimum absolute atomic E-state index is 0.125. The summed E-state index contributed by atoms with van der Waals surface area (Å²) in [7, 11) is 0. The fourth-order valence-electron chi connectivity index (χ4n) is 4.78. The lowest BCUT2D eigenvalue weighted by molar-refractivity contribution is -0.201. The van der Waals surface area contributed by atoms with E-state index in [9.17, 15) is 18.0 Å². The summed E-state index contributed by atoms with van der Waals surface area (Å²) >= 11 is 0. The summed E-state index contributed by atoms with van der Waals surface area (Å²) in [6.45, 7) is 0.601. The number of hydrogen-bond acceptors (Lipinski definition) is 7. The first-order valence-corrected chi connectivity index (χ1v) is 12.5. The maximum atomic E-state index is 13.0. The Morgan fingerprint density at radius 1 is 1.24 bits per heavy atom. The molecule has 0 spiro atoms. The third kappa shape index (κ3) is 4.92. The molecule has 1 amide bonds. The van der Waals surface area contributed by atoms with Crippen LogP contribution in [0, 0.1) is 5.41 Å². The molecule has 1 N–H and O–H groups in total. The van der Waals surface area contributed by atoms with Crippen molar-refractivity contribution >= 4 is 5.91 Å². The molecule has 0 radical (unpaired) electrons. The number of alkyl halides is 3. The van der Waals surface area contributed by atoms with Crippen LogP contribution in [0.2, 0.25) is 0 Å². The normalized spacial score (nSPS) is 21.1. The number of rotatable bonds is 8. The molecular formula is C26H26F3N5O4. The molecule has 1 saturated carbocycles. The van der Waals surface area contributed by atoms with Crippen molar-refractivity contribution in [1.29, 1.82) is 0 Å². The van der Waals surface area contributed by atoms with Gasteiger partial charge in [-0.05, 0) is 43.0 Å². The van der Waals surface area contributed by atoms with Gasteiger partial charge in [-0.15, -0.1) is 0 Å². The zero-order valence-corrected chi connectivity index (χ0v) is 20.4. The van der Waals surface area contributed by atoms with E-state index in [4.69, 9.17) is 14.2 Å². The second-order valence-corrected chi connectivity index (χ2v) is 10.0. The number of carbonyl (C=O) groups is 1. The number of aromatic nitrogens is 4. The molecule has 2 aromatic heterocycles. The minimum Gasteiger partial charge on any atom is -0.491 e. The van der Waals surface area contributed by atoms with Gasteiger partial charge in [0.2, 0.25) is 5.88 Å². The summed E-state index contributed by atoms with van der Waals surface area (Å²) in [5.41, 5.74) is 1.21. The molecule has 0 bridgehead atoms. The van der Waals surface area contributed by atoms with Gasteiger partial charge in [-0.2, -0.15) is 18.3 Å². The first-order valence-electron chi connectivity index (χ1n) is 12.5. The second-order valence-electron chi connectivity index (χ2n) is 10.0. The van der Waals surface area contributed by atoms with Crippen LogP contribution in [-0.2, 0) is 17.7 Å². The predicted octanol–water partition coefficient (Wildman–Crippen LogP) is 3.58. The predicted molar refractivity (Wildman–Crippen MR) is 128 cm³/mol. The molecule has 2 atom stereocenters. The Labute approximate surface area is 216 Å². The summed E-state index contributed by atoms with van der Waals surface area (Å²) < 4.78 is 57.6. The van der Waals surface area contributed by atoms with Crippen LogP contribution >= 0.6 is 0 Å². The van der Waals surface area contributed by atoms with Gasteiger partial charge < -0.3 is 19.5 Å². The highest BCUT2D eigenvalue weighted by molar-refractivity contribution is 5.92. The van der Waals surface area contributed by atoms with Crippen LogP contribution in [0.1, 0.15) is 35.3 Å². The van der Waals surface area contributed by atoms with Gasteiger partial charge in [0.05, 0.1) is 43.1 Å². The van der Waals surface area contributed by atoms with E-state index in [1.54, 1.807) is 29.3 Å². The van der Waals surface area contributed by atoms with Gasteiger partial charge in [-0.25, -0.2) is 4.68 Å². The number of ether oxygens (including phenoxy) is 3. The van der Waals surface area contributed by atoms with Crippen molar-refractivity contribution in [3.8, 4) is 22.9 Å². The Morgan fingerprint density at radius 2 is 2.11 bits per heavy atom. The fraction of sp³-hybridized carbons (Fsp3) is 0.462. The highest BCUT2D eigenvalue weighted by atomic mass is 19.4. The minimum atomic E-state index is -4.22. The summed E-state index contributed by atoms with van der Waals surface area (Å²) in [6.07, 6.45) is 1.75. The Kier molecular flexibility index (Phi) is 6.21. The summed E-state index contributed by atoms with van der Waals surface area (Å²) in [6, 6.07) is 7.16. The first kappa shape index (κ1) is 24.7. The smallest absolute Gasteiger partial charge is 0.396 e. The third-order valence-corrected chi connectivity index (χ3v) is 7.22. The molecule has 1 aliphatic carbocycles. The Morgan fingerprint density at radius 3 is 2.84 bits per heavy atom. The maximum Gasteiger partial charge on any atom is 0.396 e. The van der Waals surface area contributed by atoms with Gasteiger partial charge >= 0.3 is 6.18 Å². The van der Waals surface area contributed by atoms with Crippen LogP contribution < -0.4 is 14.8 Å². The number of benzene rings is 1. The molecule has 12 heteroatoms. The molecular weight excluding hydrogens is 503 g/mol. The van der Waals surface area contributed by atoms with Crippen molar-refractivity contribution in [2.24, 2.45) is 5.41 Å². The van der Waals surface area contributed by atoms with Crippen LogP contribution in [0.25, 0.3) is 11.3 Å². The average Bonchev–Trinajstić information content (AvgIpc) is 3.47. The van der Waals surface area contributed by atoms with Crippen LogP contribution in [-0.4, -0.2) is 63.8 Å². The summed E-state index contributed by atoms with van der Waals surface area (Å²) in [5, 5.41) is 7.32. The zero-order chi connectivity index (χ0) is 26.3. The average molecular weight is 530 g/mol. The number of hydrogen-bond donors (Lipinski definition) is 1. The fourth-order valence-corrected chi connectivity index (χ4v) is 4.78. The van der Waals surface area contributed by atoms with Gasteiger partial charge in [0, 0.05) is 30.4 Å². The van der Waals surface area contributed by atoms with Crippen molar-refractivity contribution in [1.82, 2.24) is 25.1 Å². The van der Waals surface area contributed by atoms with Gasteiger partial charge in [-0.1, -0.05) is 0 Å². The molecule has 1 unspecified atom stereocenters. The second kappa shape index (κ2) is 9.57. The molecule has 1 fully saturated rings. The topological polar surface area (TPSA) is 100 Å². The van der Waals surface area contributed by atoms with Crippen LogP contribution in [0.3, 0.4) is 0 Å². The Hall–Kier alpha value is -3.67. The van der Waals surface area contributed by atoms with E-state index in [-0.39, 0.29) is 49.8 Å². The van der Waals surface area contributed by atoms with E-state index >= 15 is 0 Å². The van der Waals surface area contributed by atoms with Crippen molar-refractivity contribution in [3.05, 3.63) is 54.1 Å². The molecule has 9 nitrogen and oxygen atoms in total. The SMILES string of the molecule is O=C(N[C@H]1COc2ccc(-c3cnccn3)cc2C1)c1cc2n(n1)CC(CCOCC1(C(F)(F)F)CC1)O2. The van der Waals surface area contributed by atoms with Crippen LogP contribution in [0.5, 0.6) is 11.6 Å². The van der Waals surface area contributed by atoms with Crippen LogP contribution in [0.4, 0.5) is 13.2 Å². The molecule has 3 aromatic rings. The highest BCUT2D eigenvalue weighted by Crippen LogP contribution is 2.57. The molecule has 2 aliphatic heterocycles. The number of halogens is 3. The third-order valence-electron chi connectivity index (χ3n) is 7.22. The molecule has 6 rings (SSSR count). The van der Waals surface area contributed by atoms with Gasteiger partial charge in [0.1, 0.15) is 18.5 Å². The first-order chi connectivity index (χ1) is 18.3. The number of amides is 1. The summed E-state index contributed by atoms with van der Waals surface area (Å²) in [4.78, 5) is 21.3. The Bertz CT molecular complexity index is 1300. The highest BCUT2D eigenvalue weighted by Gasteiger charge is 2.63. The molecule has 3 aliphatic rings. The van der Waals surface area contributed by atoms with E-state index in [2.05, 4.69) is 20.4 Å². The maximum absolute atomic E-state index is 13.0. The van der Waals surface area contributed by atoms with Crippen LogP contribution in [0.15, 0.2) is 42.9 Å². The molecule has 0 saturated heterocycles. The molecule has 38 heavy (non-hydrogen) atoms. The van der Waals surface area contributed by atoms with E-state index in [0.29, 0.717) is 31.9 Å². The zero-order valence-electron chi connectivity index (χ0n) is 20.4. The van der Waals surface area contributed by atoms with E-state index < -0.39 is 11.6 Å². The van der Waals surface area contributed by atoms with Gasteiger partial charge in [0.25, 0.3) is 5.91 Å². The summed E-state index contributed by atoms with van der Waals surface area (Å²) in [5.74, 6) is 0.894. The van der Waals surface area contributed by atoms with E-state index in [1.165, 1.54) is 0 Å².